The molecule has 1 aromatic carbocycles. The summed E-state index contributed by atoms with van der Waals surface area (Å²) < 4.78 is 14.1. The maximum atomic E-state index is 12.8. The van der Waals surface area contributed by atoms with Gasteiger partial charge in [-0.2, -0.15) is 0 Å². The highest BCUT2D eigenvalue weighted by molar-refractivity contribution is 5.84. The van der Waals surface area contributed by atoms with Gasteiger partial charge in [0, 0.05) is 11.9 Å². The van der Waals surface area contributed by atoms with Crippen molar-refractivity contribution in [3.63, 3.8) is 0 Å². The number of halogens is 1. The van der Waals surface area contributed by atoms with Crippen LogP contribution in [0.5, 0.6) is 0 Å². The molecule has 23 heavy (non-hydrogen) atoms. The van der Waals surface area contributed by atoms with Gasteiger partial charge in [-0.3, -0.25) is 14.0 Å². The molecule has 0 bridgehead atoms. The Hall–Kier alpha value is -3.02. The van der Waals surface area contributed by atoms with E-state index in [1.807, 2.05) is 13.0 Å². The number of rotatable bonds is 4. The second kappa shape index (κ2) is 6.00. The standard InChI is InChI=1S/C17H14FN3O2/c1-11-4-3-7-21-16(11)20-15(14(10-22)17(21)23)19-13-6-2-5-12(8-13)9-18/h2-8,10,19H,9H2,1H3. The Morgan fingerprint density at radius 3 is 2.87 bits per heavy atom. The summed E-state index contributed by atoms with van der Waals surface area (Å²) in [6.45, 7) is 1.23. The van der Waals surface area contributed by atoms with Gasteiger partial charge in [-0.05, 0) is 36.2 Å². The molecule has 3 rings (SSSR count). The molecule has 5 nitrogen and oxygen atoms in total. The third kappa shape index (κ3) is 2.70. The van der Waals surface area contributed by atoms with Gasteiger partial charge in [-0.25, -0.2) is 9.37 Å². The smallest absolute Gasteiger partial charge is 0.270 e. The number of carbonyl (C=O) groups is 1. The zero-order valence-corrected chi connectivity index (χ0v) is 12.4. The number of fused-ring (bicyclic) bond motifs is 1. The van der Waals surface area contributed by atoms with Crippen LogP contribution in [0.3, 0.4) is 0 Å². The first kappa shape index (κ1) is 14.9. The Morgan fingerprint density at radius 1 is 1.30 bits per heavy atom. The van der Waals surface area contributed by atoms with Crippen LogP contribution in [-0.4, -0.2) is 15.7 Å². The second-order valence-electron chi connectivity index (χ2n) is 5.14. The van der Waals surface area contributed by atoms with Crippen LogP contribution < -0.4 is 10.9 Å². The first-order chi connectivity index (χ1) is 11.1. The molecule has 0 aliphatic heterocycles. The van der Waals surface area contributed by atoms with E-state index in [-0.39, 0.29) is 11.4 Å². The van der Waals surface area contributed by atoms with Gasteiger partial charge in [0.15, 0.2) is 6.29 Å². The largest absolute Gasteiger partial charge is 0.339 e. The molecule has 0 saturated carbocycles. The summed E-state index contributed by atoms with van der Waals surface area (Å²) in [6.07, 6.45) is 2.05. The molecule has 0 amide bonds. The van der Waals surface area contributed by atoms with Crippen molar-refractivity contribution in [1.29, 1.82) is 0 Å². The Bertz CT molecular complexity index is 950. The lowest BCUT2D eigenvalue weighted by molar-refractivity contribution is 0.112. The van der Waals surface area contributed by atoms with E-state index in [4.69, 9.17) is 0 Å². The predicted octanol–water partition coefficient (Wildman–Crippen LogP) is 3.03. The quantitative estimate of drug-likeness (QED) is 0.752. The number of nitrogens with zero attached hydrogens (tertiary/aromatic N) is 2. The Labute approximate surface area is 131 Å². The molecule has 0 aliphatic carbocycles. The number of hydrogen-bond acceptors (Lipinski definition) is 4. The summed E-state index contributed by atoms with van der Waals surface area (Å²) in [5.41, 5.74) is 1.82. The lowest BCUT2D eigenvalue weighted by Crippen LogP contribution is -2.22. The second-order valence-corrected chi connectivity index (χ2v) is 5.14. The molecule has 116 valence electrons. The number of aromatic nitrogens is 2. The average molecular weight is 311 g/mol. The van der Waals surface area contributed by atoms with E-state index in [1.165, 1.54) is 4.40 Å². The van der Waals surface area contributed by atoms with Crippen LogP contribution in [0.25, 0.3) is 5.65 Å². The van der Waals surface area contributed by atoms with Gasteiger partial charge >= 0.3 is 0 Å². The van der Waals surface area contributed by atoms with Crippen LogP contribution in [0.4, 0.5) is 15.9 Å². The third-order valence-electron chi connectivity index (χ3n) is 3.55. The first-order valence-electron chi connectivity index (χ1n) is 7.03. The number of nitrogens with one attached hydrogen (secondary N) is 1. The first-order valence-corrected chi connectivity index (χ1v) is 7.03. The number of aldehydes is 1. The lowest BCUT2D eigenvalue weighted by Gasteiger charge is -2.11. The van der Waals surface area contributed by atoms with Crippen LogP contribution in [0.2, 0.25) is 0 Å². The van der Waals surface area contributed by atoms with Gasteiger partial charge in [-0.15, -0.1) is 0 Å². The summed E-state index contributed by atoms with van der Waals surface area (Å²) >= 11 is 0. The zero-order chi connectivity index (χ0) is 16.4. The van der Waals surface area contributed by atoms with E-state index in [0.29, 0.717) is 23.2 Å². The van der Waals surface area contributed by atoms with Crippen molar-refractivity contribution in [1.82, 2.24) is 9.38 Å². The SMILES string of the molecule is Cc1cccn2c(=O)c(C=O)c(Nc3cccc(CF)c3)nc12. The van der Waals surface area contributed by atoms with E-state index in [1.54, 1.807) is 36.5 Å². The van der Waals surface area contributed by atoms with Crippen molar-refractivity contribution in [2.75, 3.05) is 5.32 Å². The van der Waals surface area contributed by atoms with Gasteiger partial charge in [0.2, 0.25) is 0 Å². The number of alkyl halides is 1. The topological polar surface area (TPSA) is 63.5 Å². The minimum atomic E-state index is -0.594. The van der Waals surface area contributed by atoms with Crippen molar-refractivity contribution in [2.45, 2.75) is 13.6 Å². The van der Waals surface area contributed by atoms with Crippen molar-refractivity contribution < 1.29 is 9.18 Å². The Morgan fingerprint density at radius 2 is 2.13 bits per heavy atom. The average Bonchev–Trinajstić information content (AvgIpc) is 2.56. The Kier molecular flexibility index (Phi) is 3.89. The summed E-state index contributed by atoms with van der Waals surface area (Å²) in [5.74, 6) is 0.162. The van der Waals surface area contributed by atoms with Crippen LogP contribution in [-0.2, 0) is 6.67 Å². The molecular weight excluding hydrogens is 297 g/mol. The summed E-state index contributed by atoms with van der Waals surface area (Å²) in [6, 6.07) is 10.2. The minimum Gasteiger partial charge on any atom is -0.339 e. The van der Waals surface area contributed by atoms with Crippen LogP contribution in [0, 0.1) is 6.92 Å². The summed E-state index contributed by atoms with van der Waals surface area (Å²) in [4.78, 5) is 28.2. The lowest BCUT2D eigenvalue weighted by atomic mass is 10.2. The molecule has 2 heterocycles. The molecule has 1 N–H and O–H groups in total. The molecule has 0 unspecified atom stereocenters. The summed E-state index contributed by atoms with van der Waals surface area (Å²) in [7, 11) is 0. The molecule has 3 aromatic rings. The maximum absolute atomic E-state index is 12.8. The van der Waals surface area contributed by atoms with Crippen molar-refractivity contribution in [3.05, 3.63) is 69.6 Å². The van der Waals surface area contributed by atoms with Crippen molar-refractivity contribution in [2.24, 2.45) is 0 Å². The van der Waals surface area contributed by atoms with Gasteiger partial charge < -0.3 is 5.32 Å². The molecule has 0 saturated heterocycles. The van der Waals surface area contributed by atoms with Gasteiger partial charge in [-0.1, -0.05) is 18.2 Å². The summed E-state index contributed by atoms with van der Waals surface area (Å²) in [5, 5.41) is 2.94. The molecule has 0 fully saturated rings. The van der Waals surface area contributed by atoms with E-state index < -0.39 is 12.2 Å². The van der Waals surface area contributed by atoms with Crippen molar-refractivity contribution >= 4 is 23.4 Å². The van der Waals surface area contributed by atoms with Crippen LogP contribution in [0.1, 0.15) is 21.5 Å². The maximum Gasteiger partial charge on any atom is 0.270 e. The molecular formula is C17H14FN3O2. The monoisotopic (exact) mass is 311 g/mol. The van der Waals surface area contributed by atoms with E-state index in [9.17, 15) is 14.0 Å². The number of benzene rings is 1. The van der Waals surface area contributed by atoms with E-state index >= 15 is 0 Å². The minimum absolute atomic E-state index is 0.0706. The van der Waals surface area contributed by atoms with Gasteiger partial charge in [0.1, 0.15) is 23.7 Å². The third-order valence-corrected chi connectivity index (χ3v) is 3.55. The fourth-order valence-electron chi connectivity index (χ4n) is 2.38. The predicted molar refractivity (Wildman–Crippen MR) is 86.1 cm³/mol. The molecule has 6 heteroatoms. The van der Waals surface area contributed by atoms with Crippen molar-refractivity contribution in [3.8, 4) is 0 Å². The number of anilines is 2. The molecule has 2 aromatic heterocycles. The molecule has 0 spiro atoms. The fraction of sp³-hybridized carbons (Fsp3) is 0.118. The van der Waals surface area contributed by atoms with E-state index in [2.05, 4.69) is 10.3 Å². The zero-order valence-electron chi connectivity index (χ0n) is 12.4. The normalized spacial score (nSPS) is 10.7. The van der Waals surface area contributed by atoms with Gasteiger partial charge in [0.25, 0.3) is 5.56 Å². The molecule has 0 aliphatic rings. The van der Waals surface area contributed by atoms with E-state index in [0.717, 1.165) is 5.56 Å². The Balaban J connectivity index is 2.18. The number of pyridine rings is 1. The van der Waals surface area contributed by atoms with Crippen LogP contribution in [0.15, 0.2) is 47.4 Å². The molecule has 0 atom stereocenters. The van der Waals surface area contributed by atoms with Crippen LogP contribution >= 0.6 is 0 Å². The number of hydrogen-bond donors (Lipinski definition) is 1. The highest BCUT2D eigenvalue weighted by atomic mass is 19.1. The highest BCUT2D eigenvalue weighted by Gasteiger charge is 2.13. The number of aryl methyl sites for hydroxylation is 1. The number of carbonyl (C=O) groups excluding carboxylic acids is 1. The molecule has 0 radical (unpaired) electrons. The van der Waals surface area contributed by atoms with Gasteiger partial charge in [0.05, 0.1) is 0 Å². The fourth-order valence-corrected chi connectivity index (χ4v) is 2.38. The highest BCUT2D eigenvalue weighted by Crippen LogP contribution is 2.19.